The van der Waals surface area contributed by atoms with Gasteiger partial charge in [0.05, 0.1) is 12.2 Å². The highest BCUT2D eigenvalue weighted by molar-refractivity contribution is 5.05. The molecule has 1 aromatic heterocycles. The Bertz CT molecular complexity index is 366. The lowest BCUT2D eigenvalue weighted by atomic mass is 9.95. The quantitative estimate of drug-likeness (QED) is 0.850. The van der Waals surface area contributed by atoms with Gasteiger partial charge in [0, 0.05) is 6.04 Å². The lowest BCUT2D eigenvalue weighted by Crippen LogP contribution is -2.33. The van der Waals surface area contributed by atoms with Gasteiger partial charge in [0.25, 0.3) is 0 Å². The Morgan fingerprint density at radius 1 is 1.31 bits per heavy atom. The van der Waals surface area contributed by atoms with Crippen molar-refractivity contribution in [2.24, 2.45) is 11.8 Å². The van der Waals surface area contributed by atoms with E-state index in [1.54, 1.807) is 0 Å². The summed E-state index contributed by atoms with van der Waals surface area (Å²) < 4.78 is 5.58. The lowest BCUT2D eigenvalue weighted by molar-refractivity contribution is 0.332. The molecule has 0 aromatic carbocycles. The summed E-state index contributed by atoms with van der Waals surface area (Å²) in [6.45, 7) is 4.77. The molecule has 1 N–H and O–H groups in total. The first-order chi connectivity index (χ1) is 7.72. The van der Waals surface area contributed by atoms with E-state index in [1.807, 2.05) is 13.8 Å². The van der Waals surface area contributed by atoms with Crippen molar-refractivity contribution in [3.63, 3.8) is 0 Å². The van der Waals surface area contributed by atoms with Crippen LogP contribution < -0.4 is 5.32 Å². The van der Waals surface area contributed by atoms with Crippen molar-refractivity contribution in [1.82, 2.24) is 10.3 Å². The van der Waals surface area contributed by atoms with E-state index in [1.165, 1.54) is 25.7 Å². The molecule has 2 aliphatic rings. The number of rotatable bonds is 3. The summed E-state index contributed by atoms with van der Waals surface area (Å²) in [4.78, 5) is 4.40. The van der Waals surface area contributed by atoms with Gasteiger partial charge in [-0.25, -0.2) is 4.98 Å². The molecule has 1 aromatic rings. The molecule has 2 bridgehead atoms. The van der Waals surface area contributed by atoms with Crippen LogP contribution in [0.4, 0.5) is 0 Å². The van der Waals surface area contributed by atoms with Gasteiger partial charge in [-0.05, 0) is 44.9 Å². The van der Waals surface area contributed by atoms with Crippen molar-refractivity contribution in [2.45, 2.75) is 52.1 Å². The molecular formula is C13H20N2O. The second-order valence-corrected chi connectivity index (χ2v) is 5.41. The first-order valence-electron chi connectivity index (χ1n) is 6.38. The monoisotopic (exact) mass is 220 g/mol. The van der Waals surface area contributed by atoms with Gasteiger partial charge >= 0.3 is 0 Å². The van der Waals surface area contributed by atoms with Crippen LogP contribution in [0.3, 0.4) is 0 Å². The average molecular weight is 220 g/mol. The number of hydrogen-bond donors (Lipinski definition) is 1. The van der Waals surface area contributed by atoms with Crippen LogP contribution in [0, 0.1) is 25.7 Å². The third-order valence-corrected chi connectivity index (χ3v) is 4.33. The second kappa shape index (κ2) is 3.88. The van der Waals surface area contributed by atoms with E-state index >= 15 is 0 Å². The van der Waals surface area contributed by atoms with E-state index in [4.69, 9.17) is 4.42 Å². The molecule has 0 radical (unpaired) electrons. The topological polar surface area (TPSA) is 38.1 Å². The molecule has 0 saturated heterocycles. The zero-order chi connectivity index (χ0) is 11.1. The molecule has 88 valence electrons. The summed E-state index contributed by atoms with van der Waals surface area (Å²) in [6, 6.07) is 0.714. The summed E-state index contributed by atoms with van der Waals surface area (Å²) >= 11 is 0. The molecule has 3 atom stereocenters. The molecule has 0 spiro atoms. The average Bonchev–Trinajstić information content (AvgIpc) is 2.92. The number of fused-ring (bicyclic) bond motifs is 2. The van der Waals surface area contributed by atoms with E-state index in [9.17, 15) is 0 Å². The van der Waals surface area contributed by atoms with E-state index in [0.29, 0.717) is 6.04 Å². The van der Waals surface area contributed by atoms with Gasteiger partial charge < -0.3 is 9.73 Å². The fourth-order valence-electron chi connectivity index (χ4n) is 3.33. The van der Waals surface area contributed by atoms with Gasteiger partial charge in [-0.1, -0.05) is 6.42 Å². The van der Waals surface area contributed by atoms with Gasteiger partial charge in [0.15, 0.2) is 0 Å². The van der Waals surface area contributed by atoms with Gasteiger partial charge in [-0.15, -0.1) is 0 Å². The summed E-state index contributed by atoms with van der Waals surface area (Å²) in [7, 11) is 0. The number of hydrogen-bond acceptors (Lipinski definition) is 3. The Hall–Kier alpha value is -0.830. The van der Waals surface area contributed by atoms with Crippen LogP contribution >= 0.6 is 0 Å². The maximum Gasteiger partial charge on any atom is 0.208 e. The normalized spacial score (nSPS) is 32.5. The Morgan fingerprint density at radius 2 is 2.19 bits per heavy atom. The molecule has 2 fully saturated rings. The number of nitrogens with zero attached hydrogens (tertiary/aromatic N) is 1. The van der Waals surface area contributed by atoms with E-state index in [-0.39, 0.29) is 0 Å². The van der Waals surface area contributed by atoms with Crippen LogP contribution in [0.2, 0.25) is 0 Å². The molecule has 2 aliphatic carbocycles. The third-order valence-electron chi connectivity index (χ3n) is 4.33. The zero-order valence-electron chi connectivity index (χ0n) is 10.1. The summed E-state index contributed by atoms with van der Waals surface area (Å²) in [5, 5.41) is 3.61. The van der Waals surface area contributed by atoms with Crippen molar-refractivity contribution in [2.75, 3.05) is 0 Å². The molecular weight excluding hydrogens is 200 g/mol. The Kier molecular flexibility index (Phi) is 2.51. The molecule has 1 heterocycles. The van der Waals surface area contributed by atoms with Crippen LogP contribution in [0.1, 0.15) is 43.0 Å². The fraction of sp³-hybridized carbons (Fsp3) is 0.769. The Labute approximate surface area is 96.6 Å². The predicted octanol–water partition coefficient (Wildman–Crippen LogP) is 2.57. The van der Waals surface area contributed by atoms with Gasteiger partial charge in [-0.2, -0.15) is 0 Å². The van der Waals surface area contributed by atoms with Crippen LogP contribution in [0.5, 0.6) is 0 Å². The molecule has 0 aliphatic heterocycles. The second-order valence-electron chi connectivity index (χ2n) is 5.41. The zero-order valence-corrected chi connectivity index (χ0v) is 10.1. The standard InChI is InChI=1S/C13H20N2O/c1-8-9(2)16-13(15-8)7-14-12-6-10-3-4-11(12)5-10/h10-12,14H,3-7H2,1-2H3. The van der Waals surface area contributed by atoms with Crippen molar-refractivity contribution < 1.29 is 4.42 Å². The van der Waals surface area contributed by atoms with E-state index < -0.39 is 0 Å². The number of aromatic nitrogens is 1. The third kappa shape index (κ3) is 1.77. The van der Waals surface area contributed by atoms with Crippen molar-refractivity contribution in [3.05, 3.63) is 17.3 Å². The van der Waals surface area contributed by atoms with Crippen molar-refractivity contribution >= 4 is 0 Å². The van der Waals surface area contributed by atoms with Crippen LogP contribution in [-0.2, 0) is 6.54 Å². The molecule has 16 heavy (non-hydrogen) atoms. The molecule has 3 nitrogen and oxygen atoms in total. The minimum atomic E-state index is 0.714. The Balaban J connectivity index is 1.57. The smallest absolute Gasteiger partial charge is 0.208 e. The summed E-state index contributed by atoms with van der Waals surface area (Å²) in [5.41, 5.74) is 1.02. The van der Waals surface area contributed by atoms with Gasteiger partial charge in [0.1, 0.15) is 5.76 Å². The maximum atomic E-state index is 5.58. The molecule has 2 saturated carbocycles. The molecule has 3 rings (SSSR count). The summed E-state index contributed by atoms with van der Waals surface area (Å²) in [5.74, 6) is 3.71. The van der Waals surface area contributed by atoms with Crippen molar-refractivity contribution in [1.29, 1.82) is 0 Å². The molecule has 3 unspecified atom stereocenters. The molecule has 0 amide bonds. The Morgan fingerprint density at radius 3 is 2.75 bits per heavy atom. The number of oxazole rings is 1. The fourth-order valence-corrected chi connectivity index (χ4v) is 3.33. The van der Waals surface area contributed by atoms with Crippen molar-refractivity contribution in [3.8, 4) is 0 Å². The minimum Gasteiger partial charge on any atom is -0.444 e. The highest BCUT2D eigenvalue weighted by Gasteiger charge is 2.39. The van der Waals surface area contributed by atoms with Crippen LogP contribution in [0.15, 0.2) is 4.42 Å². The SMILES string of the molecule is Cc1nc(CNC2CC3CCC2C3)oc1C. The summed E-state index contributed by atoms with van der Waals surface area (Å²) in [6.07, 6.45) is 5.69. The number of aryl methyl sites for hydroxylation is 2. The van der Waals surface area contributed by atoms with Gasteiger partial charge in [0.2, 0.25) is 5.89 Å². The minimum absolute atomic E-state index is 0.714. The van der Waals surface area contributed by atoms with E-state index in [0.717, 1.165) is 35.7 Å². The first-order valence-corrected chi connectivity index (χ1v) is 6.38. The number of nitrogens with one attached hydrogen (secondary N) is 1. The van der Waals surface area contributed by atoms with Crippen LogP contribution in [0.25, 0.3) is 0 Å². The highest BCUT2D eigenvalue weighted by Crippen LogP contribution is 2.44. The van der Waals surface area contributed by atoms with Gasteiger partial charge in [-0.3, -0.25) is 0 Å². The van der Waals surface area contributed by atoms with E-state index in [2.05, 4.69) is 10.3 Å². The molecule has 3 heteroatoms. The van der Waals surface area contributed by atoms with Crippen LogP contribution in [-0.4, -0.2) is 11.0 Å². The predicted molar refractivity (Wildman–Crippen MR) is 62.1 cm³/mol. The maximum absolute atomic E-state index is 5.58. The highest BCUT2D eigenvalue weighted by atomic mass is 16.4. The lowest BCUT2D eigenvalue weighted by Gasteiger charge is -2.22. The first kappa shape index (κ1) is 10.3. The largest absolute Gasteiger partial charge is 0.444 e.